The van der Waals surface area contributed by atoms with E-state index in [9.17, 15) is 4.79 Å². The SMILES string of the molecule is Cc1ccc(CCC(=O)NC#N)cc1. The van der Waals surface area contributed by atoms with E-state index in [4.69, 9.17) is 5.26 Å². The lowest BCUT2D eigenvalue weighted by molar-refractivity contribution is -0.119. The fourth-order valence-electron chi connectivity index (χ4n) is 1.14. The molecule has 3 nitrogen and oxygen atoms in total. The van der Waals surface area contributed by atoms with Crippen molar-refractivity contribution in [2.45, 2.75) is 19.8 Å². The molecule has 1 rings (SSSR count). The second-order valence-corrected chi connectivity index (χ2v) is 3.15. The molecule has 0 spiro atoms. The highest BCUT2D eigenvalue weighted by atomic mass is 16.1. The second-order valence-electron chi connectivity index (χ2n) is 3.15. The summed E-state index contributed by atoms with van der Waals surface area (Å²) in [6.07, 6.45) is 2.65. The van der Waals surface area contributed by atoms with Crippen molar-refractivity contribution in [2.24, 2.45) is 0 Å². The van der Waals surface area contributed by atoms with E-state index in [1.54, 1.807) is 6.19 Å². The van der Waals surface area contributed by atoms with Crippen LogP contribution in [0.3, 0.4) is 0 Å². The largest absolute Gasteiger partial charge is 0.274 e. The summed E-state index contributed by atoms with van der Waals surface area (Å²) in [5.74, 6) is -0.229. The van der Waals surface area contributed by atoms with Gasteiger partial charge in [0, 0.05) is 6.42 Å². The zero-order chi connectivity index (χ0) is 10.4. The molecule has 0 fully saturated rings. The zero-order valence-electron chi connectivity index (χ0n) is 8.08. The Morgan fingerprint density at radius 1 is 1.43 bits per heavy atom. The highest BCUT2D eigenvalue weighted by molar-refractivity contribution is 5.77. The molecule has 1 aromatic carbocycles. The maximum atomic E-state index is 10.9. The van der Waals surface area contributed by atoms with Gasteiger partial charge in [-0.25, -0.2) is 0 Å². The number of hydrogen-bond acceptors (Lipinski definition) is 2. The third-order valence-corrected chi connectivity index (χ3v) is 1.96. The Morgan fingerprint density at radius 2 is 2.07 bits per heavy atom. The van der Waals surface area contributed by atoms with Crippen LogP contribution >= 0.6 is 0 Å². The van der Waals surface area contributed by atoms with Crippen molar-refractivity contribution < 1.29 is 4.79 Å². The minimum atomic E-state index is -0.229. The number of amides is 1. The van der Waals surface area contributed by atoms with Gasteiger partial charge in [-0.05, 0) is 18.9 Å². The number of carbonyl (C=O) groups excluding carboxylic acids is 1. The molecular formula is C11H12N2O. The molecule has 0 saturated heterocycles. The second kappa shape index (κ2) is 5.03. The Hall–Kier alpha value is -1.82. The number of aryl methyl sites for hydroxylation is 2. The van der Waals surface area contributed by atoms with Crippen molar-refractivity contribution in [2.75, 3.05) is 0 Å². The molecule has 0 aliphatic carbocycles. The molecule has 0 bridgehead atoms. The van der Waals surface area contributed by atoms with E-state index in [-0.39, 0.29) is 5.91 Å². The molecule has 1 N–H and O–H groups in total. The average molecular weight is 188 g/mol. The number of benzene rings is 1. The van der Waals surface area contributed by atoms with Gasteiger partial charge in [0.2, 0.25) is 5.91 Å². The van der Waals surface area contributed by atoms with Gasteiger partial charge in [0.25, 0.3) is 0 Å². The molecule has 0 heterocycles. The van der Waals surface area contributed by atoms with Gasteiger partial charge in [-0.3, -0.25) is 10.1 Å². The maximum Gasteiger partial charge on any atom is 0.233 e. The number of nitriles is 1. The molecule has 1 amide bonds. The van der Waals surface area contributed by atoms with Crippen LogP contribution in [0.15, 0.2) is 24.3 Å². The first-order chi connectivity index (χ1) is 6.72. The lowest BCUT2D eigenvalue weighted by Crippen LogP contribution is -2.17. The smallest absolute Gasteiger partial charge is 0.233 e. The van der Waals surface area contributed by atoms with E-state index in [1.807, 2.05) is 31.2 Å². The molecule has 0 aromatic heterocycles. The van der Waals surface area contributed by atoms with Crippen molar-refractivity contribution in [3.8, 4) is 6.19 Å². The molecule has 0 saturated carbocycles. The quantitative estimate of drug-likeness (QED) is 0.577. The van der Waals surface area contributed by atoms with Crippen molar-refractivity contribution in [3.05, 3.63) is 35.4 Å². The maximum absolute atomic E-state index is 10.9. The summed E-state index contributed by atoms with van der Waals surface area (Å²) >= 11 is 0. The van der Waals surface area contributed by atoms with E-state index in [0.717, 1.165) is 5.56 Å². The number of nitrogens with one attached hydrogen (secondary N) is 1. The lowest BCUT2D eigenvalue weighted by atomic mass is 10.1. The summed E-state index contributed by atoms with van der Waals surface area (Å²) in [7, 11) is 0. The van der Waals surface area contributed by atoms with Crippen molar-refractivity contribution in [3.63, 3.8) is 0 Å². The molecule has 0 unspecified atom stereocenters. The fraction of sp³-hybridized carbons (Fsp3) is 0.273. The van der Waals surface area contributed by atoms with Crippen LogP contribution < -0.4 is 5.32 Å². The average Bonchev–Trinajstić information content (AvgIpc) is 2.17. The minimum Gasteiger partial charge on any atom is -0.274 e. The number of rotatable bonds is 3. The molecule has 0 aliphatic heterocycles. The van der Waals surface area contributed by atoms with Gasteiger partial charge in [-0.1, -0.05) is 29.8 Å². The number of hydrogen-bond donors (Lipinski definition) is 1. The predicted octanol–water partition coefficient (Wildman–Crippen LogP) is 1.52. The summed E-state index contributed by atoms with van der Waals surface area (Å²) in [4.78, 5) is 10.9. The molecule has 0 atom stereocenters. The lowest BCUT2D eigenvalue weighted by Gasteiger charge is -2.00. The van der Waals surface area contributed by atoms with Crippen LogP contribution in [-0.2, 0) is 11.2 Å². The van der Waals surface area contributed by atoms with Gasteiger partial charge in [-0.15, -0.1) is 0 Å². The fourth-order valence-corrected chi connectivity index (χ4v) is 1.14. The van der Waals surface area contributed by atoms with Crippen LogP contribution in [0.2, 0.25) is 0 Å². The molecular weight excluding hydrogens is 176 g/mol. The van der Waals surface area contributed by atoms with Crippen LogP contribution in [-0.4, -0.2) is 5.91 Å². The van der Waals surface area contributed by atoms with E-state index in [1.165, 1.54) is 5.56 Å². The minimum absolute atomic E-state index is 0.229. The van der Waals surface area contributed by atoms with Gasteiger partial charge >= 0.3 is 0 Å². The van der Waals surface area contributed by atoms with Gasteiger partial charge in [0.1, 0.15) is 0 Å². The molecule has 3 heteroatoms. The van der Waals surface area contributed by atoms with Gasteiger partial charge in [0.15, 0.2) is 6.19 Å². The van der Waals surface area contributed by atoms with Crippen LogP contribution in [0.4, 0.5) is 0 Å². The van der Waals surface area contributed by atoms with E-state index < -0.39 is 0 Å². The Kier molecular flexibility index (Phi) is 3.69. The van der Waals surface area contributed by atoms with Gasteiger partial charge < -0.3 is 0 Å². The van der Waals surface area contributed by atoms with Crippen molar-refractivity contribution >= 4 is 5.91 Å². The Balaban J connectivity index is 2.43. The first kappa shape index (κ1) is 10.3. The standard InChI is InChI=1S/C11H12N2O/c1-9-2-4-10(5-3-9)6-7-11(14)13-8-12/h2-5H,6-7H2,1H3,(H,13,14). The molecule has 14 heavy (non-hydrogen) atoms. The van der Waals surface area contributed by atoms with Crippen LogP contribution in [0.25, 0.3) is 0 Å². The molecule has 1 aromatic rings. The molecule has 0 aliphatic rings. The summed E-state index contributed by atoms with van der Waals surface area (Å²) < 4.78 is 0. The summed E-state index contributed by atoms with van der Waals surface area (Å²) in [6.45, 7) is 2.02. The van der Waals surface area contributed by atoms with Crippen LogP contribution in [0, 0.1) is 18.4 Å². The monoisotopic (exact) mass is 188 g/mol. The first-order valence-corrected chi connectivity index (χ1v) is 4.46. The van der Waals surface area contributed by atoms with E-state index in [2.05, 4.69) is 5.32 Å². The highest BCUT2D eigenvalue weighted by Gasteiger charge is 2.00. The van der Waals surface area contributed by atoms with Gasteiger partial charge in [-0.2, -0.15) is 5.26 Å². The summed E-state index contributed by atoms with van der Waals surface area (Å²) in [5, 5.41) is 10.3. The van der Waals surface area contributed by atoms with E-state index in [0.29, 0.717) is 12.8 Å². The third-order valence-electron chi connectivity index (χ3n) is 1.96. The molecule has 0 radical (unpaired) electrons. The molecule has 72 valence electrons. The Bertz CT molecular complexity index is 349. The zero-order valence-corrected chi connectivity index (χ0v) is 8.08. The summed E-state index contributed by atoms with van der Waals surface area (Å²) in [5.41, 5.74) is 2.32. The highest BCUT2D eigenvalue weighted by Crippen LogP contribution is 2.05. The van der Waals surface area contributed by atoms with E-state index >= 15 is 0 Å². The van der Waals surface area contributed by atoms with Crippen LogP contribution in [0.5, 0.6) is 0 Å². The number of nitrogens with zero attached hydrogens (tertiary/aromatic N) is 1. The third kappa shape index (κ3) is 3.28. The first-order valence-electron chi connectivity index (χ1n) is 4.46. The topological polar surface area (TPSA) is 52.9 Å². The normalized spacial score (nSPS) is 9.14. The summed E-state index contributed by atoms with van der Waals surface area (Å²) in [6, 6.07) is 8.01. The van der Waals surface area contributed by atoms with Crippen molar-refractivity contribution in [1.29, 1.82) is 5.26 Å². The Morgan fingerprint density at radius 3 is 2.64 bits per heavy atom. The number of carbonyl (C=O) groups is 1. The van der Waals surface area contributed by atoms with Gasteiger partial charge in [0.05, 0.1) is 0 Å². The van der Waals surface area contributed by atoms with Crippen molar-refractivity contribution in [1.82, 2.24) is 5.32 Å². The Labute approximate surface area is 83.4 Å². The predicted molar refractivity (Wildman–Crippen MR) is 53.3 cm³/mol. The van der Waals surface area contributed by atoms with Crippen LogP contribution in [0.1, 0.15) is 17.5 Å².